The van der Waals surface area contributed by atoms with Crippen molar-refractivity contribution in [3.05, 3.63) is 183 Å². The second kappa shape index (κ2) is 30.8. The minimum Gasteiger partial charge on any atom is -0.423 e. The highest BCUT2D eigenvalue weighted by molar-refractivity contribution is 9.10. The fourth-order valence-corrected chi connectivity index (χ4v) is 7.46. The SMILES string of the molecule is CCCCCCCCCc1ccc(-c2ccc(C(=O)Oc3cc(F)c(F)c(F)c3)cc2)cc1.CCCCCCCCCc1ccc(B(O)O)cc1.O=C(Oc1cc(F)c(F)c(F)c1)c1ccc(Br)cc1. The van der Waals surface area contributed by atoms with Gasteiger partial charge in [0.25, 0.3) is 0 Å². The van der Waals surface area contributed by atoms with Gasteiger partial charge in [0.1, 0.15) is 11.5 Å². The lowest BCUT2D eigenvalue weighted by Crippen LogP contribution is -2.29. The third-order valence-electron chi connectivity index (χ3n) is 11.2. The van der Waals surface area contributed by atoms with Crippen molar-refractivity contribution >= 4 is 40.4 Å². The van der Waals surface area contributed by atoms with Crippen LogP contribution < -0.4 is 14.9 Å². The predicted octanol–water partition coefficient (Wildman–Crippen LogP) is 15.0. The first-order chi connectivity index (χ1) is 33.7. The standard InChI is InChI=1S/C28H29F3O2.C15H25BO2.C13H6BrF3O2/c1-2-3-4-5-6-7-8-9-20-10-12-21(13-11-20)22-14-16-23(17-15-22)28(32)33-24-18-25(29)27(31)26(30)19-24;1-2-3-4-5-6-7-8-9-14-10-12-15(13-11-14)16(17)18;14-8-3-1-7(2-4-8)13(18)19-9-5-10(15)12(17)11(16)6-9/h10-19H,2-9H2,1H3;10-13,17-18H,2-9H2,1H3;1-6H. The largest absolute Gasteiger partial charge is 0.488 e. The maximum Gasteiger partial charge on any atom is 0.488 e. The van der Waals surface area contributed by atoms with Crippen LogP contribution in [0.3, 0.4) is 0 Å². The number of aryl methyl sites for hydroxylation is 2. The molecule has 6 aromatic rings. The maximum atomic E-state index is 13.3. The van der Waals surface area contributed by atoms with Crippen LogP contribution in [0, 0.1) is 34.9 Å². The van der Waals surface area contributed by atoms with E-state index in [1.54, 1.807) is 48.5 Å². The quantitative estimate of drug-likeness (QED) is 0.0176. The molecule has 0 radical (unpaired) electrons. The van der Waals surface area contributed by atoms with Crippen molar-refractivity contribution in [3.63, 3.8) is 0 Å². The van der Waals surface area contributed by atoms with Gasteiger partial charge >= 0.3 is 19.1 Å². The van der Waals surface area contributed by atoms with Crippen molar-refractivity contribution in [2.75, 3.05) is 0 Å². The number of carbonyl (C=O) groups excluding carboxylic acids is 2. The molecule has 14 heteroatoms. The average molecular weight is 1030 g/mol. The van der Waals surface area contributed by atoms with E-state index < -0.39 is 65.5 Å². The van der Waals surface area contributed by atoms with Crippen molar-refractivity contribution in [3.8, 4) is 22.6 Å². The molecule has 2 N–H and O–H groups in total. The van der Waals surface area contributed by atoms with Crippen LogP contribution in [0.2, 0.25) is 0 Å². The molecule has 0 heterocycles. The number of hydrogen-bond acceptors (Lipinski definition) is 6. The maximum absolute atomic E-state index is 13.3. The van der Waals surface area contributed by atoms with Gasteiger partial charge in [-0.25, -0.2) is 35.9 Å². The van der Waals surface area contributed by atoms with Crippen LogP contribution >= 0.6 is 15.9 Å². The summed E-state index contributed by atoms with van der Waals surface area (Å²) in [5.74, 6) is -11.2. The van der Waals surface area contributed by atoms with E-state index in [1.165, 1.54) is 113 Å². The van der Waals surface area contributed by atoms with Crippen molar-refractivity contribution in [1.29, 1.82) is 0 Å². The Balaban J connectivity index is 0.000000246. The summed E-state index contributed by atoms with van der Waals surface area (Å²) in [5, 5.41) is 18.0. The van der Waals surface area contributed by atoms with Crippen LogP contribution in [-0.2, 0) is 12.8 Å². The van der Waals surface area contributed by atoms with Gasteiger partial charge in [-0.1, -0.05) is 167 Å². The van der Waals surface area contributed by atoms with Gasteiger partial charge < -0.3 is 19.5 Å². The number of unbranched alkanes of at least 4 members (excludes halogenated alkanes) is 12. The van der Waals surface area contributed by atoms with Crippen molar-refractivity contribution < 1.29 is 55.5 Å². The highest BCUT2D eigenvalue weighted by Crippen LogP contribution is 2.25. The van der Waals surface area contributed by atoms with Gasteiger partial charge in [0.2, 0.25) is 0 Å². The summed E-state index contributed by atoms with van der Waals surface area (Å²) in [6.07, 6.45) is 20.5. The van der Waals surface area contributed by atoms with Crippen molar-refractivity contribution in [1.82, 2.24) is 0 Å². The molecule has 0 unspecified atom stereocenters. The zero-order valence-corrected chi connectivity index (χ0v) is 41.2. The average Bonchev–Trinajstić information content (AvgIpc) is 3.35. The van der Waals surface area contributed by atoms with Gasteiger partial charge in [-0.2, -0.15) is 0 Å². The van der Waals surface area contributed by atoms with Crippen LogP contribution in [0.4, 0.5) is 26.3 Å². The first-order valence-corrected chi connectivity index (χ1v) is 24.6. The van der Waals surface area contributed by atoms with E-state index >= 15 is 0 Å². The predicted molar refractivity (Wildman–Crippen MR) is 268 cm³/mol. The van der Waals surface area contributed by atoms with Crippen LogP contribution in [-0.4, -0.2) is 29.1 Å². The Morgan fingerprint density at radius 3 is 1.13 bits per heavy atom. The van der Waals surface area contributed by atoms with E-state index in [9.17, 15) is 35.9 Å². The summed E-state index contributed by atoms with van der Waals surface area (Å²) in [5.41, 5.74) is 5.55. The molecule has 0 aromatic heterocycles. The topological polar surface area (TPSA) is 93.1 Å². The van der Waals surface area contributed by atoms with Crippen molar-refractivity contribution in [2.24, 2.45) is 0 Å². The zero-order valence-electron chi connectivity index (χ0n) is 39.6. The van der Waals surface area contributed by atoms with E-state index in [1.807, 2.05) is 12.1 Å². The third kappa shape index (κ3) is 20.0. The number of esters is 2. The summed E-state index contributed by atoms with van der Waals surface area (Å²) in [7, 11) is -1.35. The van der Waals surface area contributed by atoms with Gasteiger partial charge in [0.05, 0.1) is 11.1 Å². The number of ether oxygens (including phenoxy) is 2. The summed E-state index contributed by atoms with van der Waals surface area (Å²) in [6, 6.07) is 31.4. The lowest BCUT2D eigenvalue weighted by Gasteiger charge is -2.08. The number of carbonyl (C=O) groups is 2. The Morgan fingerprint density at radius 1 is 0.457 bits per heavy atom. The molecular formula is C56H60BBrF6O6. The molecule has 6 rings (SSSR count). The van der Waals surface area contributed by atoms with E-state index in [2.05, 4.69) is 54.0 Å². The van der Waals surface area contributed by atoms with Crippen LogP contribution in [0.25, 0.3) is 11.1 Å². The zero-order chi connectivity index (χ0) is 50.8. The molecule has 6 nitrogen and oxygen atoms in total. The second-order valence-electron chi connectivity index (χ2n) is 16.8. The van der Waals surface area contributed by atoms with Gasteiger partial charge in [0, 0.05) is 28.7 Å². The molecular weight excluding hydrogens is 973 g/mol. The molecule has 0 spiro atoms. The minimum atomic E-state index is -1.61. The first kappa shape index (κ1) is 56.9. The molecule has 372 valence electrons. The fraction of sp³-hybridized carbons (Fsp3) is 0.321. The monoisotopic (exact) mass is 1030 g/mol. The molecule has 0 bridgehead atoms. The molecule has 0 saturated carbocycles. The van der Waals surface area contributed by atoms with Gasteiger partial charge in [-0.3, -0.25) is 0 Å². The Hall–Kier alpha value is -5.70. The molecule has 0 fully saturated rings. The van der Waals surface area contributed by atoms with Crippen LogP contribution in [0.1, 0.15) is 136 Å². The summed E-state index contributed by atoms with van der Waals surface area (Å²) in [6.45, 7) is 4.47. The Bertz CT molecular complexity index is 2460. The highest BCUT2D eigenvalue weighted by Gasteiger charge is 2.17. The van der Waals surface area contributed by atoms with E-state index in [0.717, 1.165) is 28.4 Å². The molecule has 6 aromatic carbocycles. The molecule has 0 aliphatic rings. The van der Waals surface area contributed by atoms with Crippen molar-refractivity contribution in [2.45, 2.75) is 117 Å². The lowest BCUT2D eigenvalue weighted by atomic mass is 9.80. The van der Waals surface area contributed by atoms with Gasteiger partial charge in [0.15, 0.2) is 34.9 Å². The van der Waals surface area contributed by atoms with Crippen LogP contribution in [0.15, 0.2) is 126 Å². The van der Waals surface area contributed by atoms with Crippen LogP contribution in [0.5, 0.6) is 11.5 Å². The summed E-state index contributed by atoms with van der Waals surface area (Å²) < 4.78 is 88.7. The minimum absolute atomic E-state index is 0.202. The summed E-state index contributed by atoms with van der Waals surface area (Å²) in [4.78, 5) is 23.9. The van der Waals surface area contributed by atoms with E-state index in [-0.39, 0.29) is 11.1 Å². The molecule has 0 atom stereocenters. The lowest BCUT2D eigenvalue weighted by molar-refractivity contribution is 0.0723. The smallest absolute Gasteiger partial charge is 0.423 e. The summed E-state index contributed by atoms with van der Waals surface area (Å²) >= 11 is 3.20. The Morgan fingerprint density at radius 2 is 0.771 bits per heavy atom. The number of halogens is 7. The first-order valence-electron chi connectivity index (χ1n) is 23.8. The van der Waals surface area contributed by atoms with E-state index in [4.69, 9.17) is 19.5 Å². The molecule has 70 heavy (non-hydrogen) atoms. The third-order valence-corrected chi connectivity index (χ3v) is 11.8. The molecule has 0 aliphatic heterocycles. The highest BCUT2D eigenvalue weighted by atomic mass is 79.9. The molecule has 0 aliphatic carbocycles. The van der Waals surface area contributed by atoms with Gasteiger partial charge in [-0.15, -0.1) is 0 Å². The Kier molecular flexibility index (Phi) is 25.0. The number of benzene rings is 6. The normalized spacial score (nSPS) is 10.7. The van der Waals surface area contributed by atoms with E-state index in [0.29, 0.717) is 29.7 Å². The fourth-order valence-electron chi connectivity index (χ4n) is 7.19. The second-order valence-corrected chi connectivity index (χ2v) is 17.7. The number of rotatable bonds is 22. The molecule has 0 saturated heterocycles. The Labute approximate surface area is 416 Å². The molecule has 0 amide bonds. The van der Waals surface area contributed by atoms with Gasteiger partial charge in [-0.05, 0) is 89.8 Å². The number of hydrogen-bond donors (Lipinski definition) is 2.